The average molecular weight is 473 g/mol. The van der Waals surface area contributed by atoms with Crippen molar-refractivity contribution in [1.29, 1.82) is 0 Å². The number of amides is 1. The zero-order valence-corrected chi connectivity index (χ0v) is 18.1. The van der Waals surface area contributed by atoms with Crippen molar-refractivity contribution in [2.75, 3.05) is 12.4 Å². The van der Waals surface area contributed by atoms with E-state index in [2.05, 4.69) is 15.3 Å². The number of pyridine rings is 1. The summed E-state index contributed by atoms with van der Waals surface area (Å²) in [5.41, 5.74) is 0.780. The fourth-order valence-corrected chi connectivity index (χ4v) is 3.79. The molecular weight excluding hydrogens is 458 g/mol. The van der Waals surface area contributed by atoms with Crippen LogP contribution in [-0.2, 0) is 6.54 Å². The smallest absolute Gasteiger partial charge is 0.274 e. The molecule has 2 aromatic heterocycles. The van der Waals surface area contributed by atoms with Gasteiger partial charge in [0.05, 0.1) is 41.6 Å². The maximum Gasteiger partial charge on any atom is 0.274 e. The minimum atomic E-state index is -0.621. The lowest BCUT2D eigenvalue weighted by atomic mass is 10.2. The summed E-state index contributed by atoms with van der Waals surface area (Å²) >= 11 is 12.1. The monoisotopic (exact) mass is 472 g/mol. The maximum absolute atomic E-state index is 13.5. The van der Waals surface area contributed by atoms with Gasteiger partial charge in [0.25, 0.3) is 11.5 Å². The third-order valence-corrected chi connectivity index (χ3v) is 5.20. The fourth-order valence-electron chi connectivity index (χ4n) is 3.21. The Morgan fingerprint density at radius 1 is 1.19 bits per heavy atom. The van der Waals surface area contributed by atoms with Crippen LogP contribution in [0.4, 0.5) is 10.1 Å². The zero-order valence-electron chi connectivity index (χ0n) is 16.6. The summed E-state index contributed by atoms with van der Waals surface area (Å²) in [6.07, 6.45) is 1.38. The SMILES string of the molecule is COc1c(Cl)cc(C(=O)Nc2cccc3ncn(Cc4cccc(F)c4)c(=O)c23)nc1Cl. The first-order chi connectivity index (χ1) is 15.4. The van der Waals surface area contributed by atoms with E-state index in [4.69, 9.17) is 27.9 Å². The summed E-state index contributed by atoms with van der Waals surface area (Å²) in [6.45, 7) is 0.118. The van der Waals surface area contributed by atoms with Crippen LogP contribution < -0.4 is 15.6 Å². The van der Waals surface area contributed by atoms with Crippen LogP contribution in [-0.4, -0.2) is 27.6 Å². The minimum absolute atomic E-state index is 0.0539. The molecule has 32 heavy (non-hydrogen) atoms. The molecule has 1 amide bonds. The van der Waals surface area contributed by atoms with Crippen molar-refractivity contribution in [3.63, 3.8) is 0 Å². The number of hydrogen-bond acceptors (Lipinski definition) is 5. The van der Waals surface area contributed by atoms with Crippen LogP contribution >= 0.6 is 23.2 Å². The molecule has 0 bridgehead atoms. The molecule has 2 heterocycles. The van der Waals surface area contributed by atoms with E-state index in [1.807, 2.05) is 0 Å². The Hall–Kier alpha value is -3.49. The quantitative estimate of drug-likeness (QED) is 0.430. The molecular formula is C22H15Cl2FN4O3. The number of fused-ring (bicyclic) bond motifs is 1. The standard InChI is InChI=1S/C22H15Cl2FN4O3/c1-32-19-14(23)9-17(27-20(19)24)21(30)28-16-7-3-6-15-18(16)22(31)29(11-26-15)10-12-4-2-5-13(25)8-12/h2-9,11H,10H2,1H3,(H,28,30). The summed E-state index contributed by atoms with van der Waals surface area (Å²) in [6, 6.07) is 12.1. The Labute approximate surface area is 191 Å². The number of aromatic nitrogens is 3. The number of anilines is 1. The van der Waals surface area contributed by atoms with Crippen molar-refractivity contribution < 1.29 is 13.9 Å². The number of hydrogen-bond donors (Lipinski definition) is 1. The van der Waals surface area contributed by atoms with E-state index in [1.165, 1.54) is 36.2 Å². The number of rotatable bonds is 5. The summed E-state index contributed by atoms with van der Waals surface area (Å²) in [4.78, 5) is 34.2. The van der Waals surface area contributed by atoms with E-state index >= 15 is 0 Å². The predicted molar refractivity (Wildman–Crippen MR) is 120 cm³/mol. The van der Waals surface area contributed by atoms with Crippen molar-refractivity contribution in [2.24, 2.45) is 0 Å². The van der Waals surface area contributed by atoms with Crippen molar-refractivity contribution in [3.05, 3.63) is 92.5 Å². The van der Waals surface area contributed by atoms with Crippen LogP contribution in [0.2, 0.25) is 10.2 Å². The number of nitrogens with one attached hydrogen (secondary N) is 1. The van der Waals surface area contributed by atoms with Gasteiger partial charge in [0.2, 0.25) is 0 Å². The molecule has 2 aromatic carbocycles. The van der Waals surface area contributed by atoms with Gasteiger partial charge in [0, 0.05) is 0 Å². The molecule has 0 saturated heterocycles. The number of carbonyl (C=O) groups is 1. The fraction of sp³-hybridized carbons (Fsp3) is 0.0909. The molecule has 162 valence electrons. The molecule has 4 rings (SSSR count). The van der Waals surface area contributed by atoms with E-state index in [0.717, 1.165) is 0 Å². The molecule has 0 radical (unpaired) electrons. The molecule has 0 aliphatic carbocycles. The highest BCUT2D eigenvalue weighted by molar-refractivity contribution is 6.37. The van der Waals surface area contributed by atoms with Crippen molar-refractivity contribution in [3.8, 4) is 5.75 Å². The van der Waals surface area contributed by atoms with Gasteiger partial charge in [-0.15, -0.1) is 0 Å². The lowest BCUT2D eigenvalue weighted by molar-refractivity contribution is 0.102. The lowest BCUT2D eigenvalue weighted by Gasteiger charge is -2.12. The Kier molecular flexibility index (Phi) is 6.07. The number of ether oxygens (including phenoxy) is 1. The van der Waals surface area contributed by atoms with Crippen LogP contribution in [0, 0.1) is 5.82 Å². The van der Waals surface area contributed by atoms with Gasteiger partial charge in [-0.3, -0.25) is 14.2 Å². The summed E-state index contributed by atoms with van der Waals surface area (Å²) in [5, 5.41) is 2.91. The van der Waals surface area contributed by atoms with Crippen molar-refractivity contribution in [1.82, 2.24) is 14.5 Å². The van der Waals surface area contributed by atoms with Crippen LogP contribution in [0.25, 0.3) is 10.9 Å². The van der Waals surface area contributed by atoms with E-state index < -0.39 is 17.3 Å². The van der Waals surface area contributed by atoms with E-state index in [1.54, 1.807) is 30.3 Å². The highest BCUT2D eigenvalue weighted by Gasteiger charge is 2.17. The van der Waals surface area contributed by atoms with Gasteiger partial charge in [0.1, 0.15) is 11.5 Å². The number of nitrogens with zero attached hydrogens (tertiary/aromatic N) is 3. The predicted octanol–water partition coefficient (Wildman–Crippen LogP) is 4.55. The van der Waals surface area contributed by atoms with E-state index in [-0.39, 0.29) is 39.2 Å². The zero-order chi connectivity index (χ0) is 22.8. The van der Waals surface area contributed by atoms with Crippen LogP contribution in [0.3, 0.4) is 0 Å². The third kappa shape index (κ3) is 4.28. The molecule has 0 aliphatic heterocycles. The van der Waals surface area contributed by atoms with Crippen molar-refractivity contribution >= 4 is 45.7 Å². The second-order valence-corrected chi connectivity index (χ2v) is 7.54. The topological polar surface area (TPSA) is 86.1 Å². The highest BCUT2D eigenvalue weighted by atomic mass is 35.5. The molecule has 0 aliphatic rings. The molecule has 0 fully saturated rings. The van der Waals surface area contributed by atoms with E-state index in [0.29, 0.717) is 11.1 Å². The molecule has 7 nitrogen and oxygen atoms in total. The molecule has 4 aromatic rings. The van der Waals surface area contributed by atoms with Gasteiger partial charge < -0.3 is 10.1 Å². The molecule has 0 saturated carbocycles. The van der Waals surface area contributed by atoms with Gasteiger partial charge in [-0.05, 0) is 35.9 Å². The molecule has 1 N–H and O–H groups in total. The summed E-state index contributed by atoms with van der Waals surface area (Å²) in [7, 11) is 1.38. The highest BCUT2D eigenvalue weighted by Crippen LogP contribution is 2.31. The Bertz CT molecular complexity index is 1380. The molecule has 0 unspecified atom stereocenters. The number of carbonyl (C=O) groups excluding carboxylic acids is 1. The first kappa shape index (κ1) is 21.7. The maximum atomic E-state index is 13.5. The normalized spacial score (nSPS) is 10.9. The summed E-state index contributed by atoms with van der Waals surface area (Å²) < 4.78 is 19.9. The Morgan fingerprint density at radius 3 is 2.69 bits per heavy atom. The number of methoxy groups -OCH3 is 1. The van der Waals surface area contributed by atoms with Crippen LogP contribution in [0.5, 0.6) is 5.75 Å². The van der Waals surface area contributed by atoms with Crippen molar-refractivity contribution in [2.45, 2.75) is 6.54 Å². The van der Waals surface area contributed by atoms with Gasteiger partial charge in [0.15, 0.2) is 10.9 Å². The first-order valence-corrected chi connectivity index (χ1v) is 10.1. The average Bonchev–Trinajstić information content (AvgIpc) is 2.75. The molecule has 10 heteroatoms. The van der Waals surface area contributed by atoms with Gasteiger partial charge in [-0.1, -0.05) is 41.4 Å². The second kappa shape index (κ2) is 8.94. The molecule has 0 atom stereocenters. The first-order valence-electron chi connectivity index (χ1n) is 9.31. The second-order valence-electron chi connectivity index (χ2n) is 6.77. The Balaban J connectivity index is 1.72. The van der Waals surface area contributed by atoms with Gasteiger partial charge in [-0.2, -0.15) is 0 Å². The summed E-state index contributed by atoms with van der Waals surface area (Å²) in [5.74, 6) is -0.870. The Morgan fingerprint density at radius 2 is 1.97 bits per heavy atom. The lowest BCUT2D eigenvalue weighted by Crippen LogP contribution is -2.23. The number of halogens is 3. The minimum Gasteiger partial charge on any atom is -0.492 e. The largest absolute Gasteiger partial charge is 0.492 e. The van der Waals surface area contributed by atoms with E-state index in [9.17, 15) is 14.0 Å². The number of benzene rings is 2. The van der Waals surface area contributed by atoms with Crippen LogP contribution in [0.1, 0.15) is 16.1 Å². The third-order valence-electron chi connectivity index (χ3n) is 4.67. The van der Waals surface area contributed by atoms with Gasteiger partial charge >= 0.3 is 0 Å². The van der Waals surface area contributed by atoms with Crippen LogP contribution in [0.15, 0.2) is 59.7 Å². The van der Waals surface area contributed by atoms with Gasteiger partial charge in [-0.25, -0.2) is 14.4 Å². The molecule has 0 spiro atoms.